The van der Waals surface area contributed by atoms with Gasteiger partial charge in [-0.3, -0.25) is 0 Å². The zero-order valence-electron chi connectivity index (χ0n) is 16.1. The molecule has 2 aliphatic heterocycles. The molecule has 1 aromatic carbocycles. The summed E-state index contributed by atoms with van der Waals surface area (Å²) in [6.45, 7) is 5.74. The molecular formula is C20H23F3N4O2. The number of benzene rings is 1. The molecule has 4 rings (SSSR count). The van der Waals surface area contributed by atoms with Crippen molar-refractivity contribution in [2.75, 3.05) is 37.7 Å². The second kappa shape index (κ2) is 7.79. The second-order valence-electron chi connectivity index (χ2n) is 7.47. The second-order valence-corrected chi connectivity index (χ2v) is 7.47. The summed E-state index contributed by atoms with van der Waals surface area (Å²) < 4.78 is 50.4. The summed E-state index contributed by atoms with van der Waals surface area (Å²) >= 11 is 0. The molecule has 0 aliphatic carbocycles. The molecule has 1 aromatic heterocycles. The highest BCUT2D eigenvalue weighted by molar-refractivity contribution is 5.38. The molecule has 2 saturated heterocycles. The van der Waals surface area contributed by atoms with Gasteiger partial charge in [-0.2, -0.15) is 18.2 Å². The molecular weight excluding hydrogens is 385 g/mol. The Bertz CT molecular complexity index is 859. The Hall–Kier alpha value is -2.39. The monoisotopic (exact) mass is 408 g/mol. The van der Waals surface area contributed by atoms with Crippen molar-refractivity contribution in [3.8, 4) is 11.6 Å². The number of nitrogens with one attached hydrogen (secondary N) is 1. The molecule has 2 aliphatic rings. The average molecular weight is 408 g/mol. The maximum atomic E-state index is 12.9. The Morgan fingerprint density at radius 2 is 1.97 bits per heavy atom. The van der Waals surface area contributed by atoms with Crippen LogP contribution in [0.1, 0.15) is 24.1 Å². The van der Waals surface area contributed by atoms with Gasteiger partial charge in [0.2, 0.25) is 11.8 Å². The van der Waals surface area contributed by atoms with E-state index in [1.165, 1.54) is 12.1 Å². The fourth-order valence-electron chi connectivity index (χ4n) is 3.72. The first-order valence-electron chi connectivity index (χ1n) is 9.63. The van der Waals surface area contributed by atoms with Crippen LogP contribution in [0.25, 0.3) is 0 Å². The van der Waals surface area contributed by atoms with E-state index in [1.54, 1.807) is 6.07 Å². The van der Waals surface area contributed by atoms with Crippen LogP contribution in [0.4, 0.5) is 19.1 Å². The van der Waals surface area contributed by atoms with E-state index in [0.29, 0.717) is 11.6 Å². The first-order chi connectivity index (χ1) is 13.8. The van der Waals surface area contributed by atoms with E-state index in [2.05, 4.69) is 20.2 Å². The topological polar surface area (TPSA) is 59.5 Å². The SMILES string of the molecule is Cc1cc(Oc2cccc(C(F)(F)F)c2)nc(N2CCC3(CC2)CNCCO3)n1. The zero-order chi connectivity index (χ0) is 20.5. The molecule has 156 valence electrons. The molecule has 0 amide bonds. The third-order valence-electron chi connectivity index (χ3n) is 5.29. The zero-order valence-corrected chi connectivity index (χ0v) is 16.1. The minimum Gasteiger partial charge on any atom is -0.439 e. The van der Waals surface area contributed by atoms with Crippen LogP contribution in [0.3, 0.4) is 0 Å². The van der Waals surface area contributed by atoms with Crippen molar-refractivity contribution >= 4 is 5.95 Å². The first-order valence-corrected chi connectivity index (χ1v) is 9.63. The predicted molar refractivity (Wildman–Crippen MR) is 101 cm³/mol. The fraction of sp³-hybridized carbons (Fsp3) is 0.500. The lowest BCUT2D eigenvalue weighted by Crippen LogP contribution is -2.55. The minimum absolute atomic E-state index is 0.0863. The molecule has 0 bridgehead atoms. The Labute approximate surface area is 167 Å². The van der Waals surface area contributed by atoms with Crippen LogP contribution in [0.15, 0.2) is 30.3 Å². The van der Waals surface area contributed by atoms with Gasteiger partial charge in [-0.05, 0) is 38.0 Å². The van der Waals surface area contributed by atoms with Crippen LogP contribution in [-0.4, -0.2) is 48.4 Å². The third-order valence-corrected chi connectivity index (χ3v) is 5.29. The summed E-state index contributed by atoms with van der Waals surface area (Å²) in [6, 6.07) is 6.38. The van der Waals surface area contributed by atoms with E-state index in [-0.39, 0.29) is 17.2 Å². The number of alkyl halides is 3. The number of hydrogen-bond acceptors (Lipinski definition) is 6. The molecule has 29 heavy (non-hydrogen) atoms. The van der Waals surface area contributed by atoms with Crippen molar-refractivity contribution in [2.24, 2.45) is 0 Å². The lowest BCUT2D eigenvalue weighted by Gasteiger charge is -2.44. The summed E-state index contributed by atoms with van der Waals surface area (Å²) in [4.78, 5) is 11.0. The molecule has 0 saturated carbocycles. The van der Waals surface area contributed by atoms with Gasteiger partial charge in [0.05, 0.1) is 17.8 Å². The van der Waals surface area contributed by atoms with Crippen molar-refractivity contribution in [2.45, 2.75) is 31.5 Å². The standard InChI is InChI=1S/C20H23F3N4O2/c1-14-11-17(29-16-4-2-3-15(12-16)20(21,22)23)26-18(25-14)27-8-5-19(6-9-27)13-24-7-10-28-19/h2-4,11-12,24H,5-10,13H2,1H3. The maximum absolute atomic E-state index is 12.9. The summed E-state index contributed by atoms with van der Waals surface area (Å²) in [5, 5.41) is 3.39. The number of ether oxygens (including phenoxy) is 2. The number of rotatable bonds is 3. The molecule has 3 heterocycles. The molecule has 0 atom stereocenters. The van der Waals surface area contributed by atoms with Gasteiger partial charge < -0.3 is 19.7 Å². The minimum atomic E-state index is -4.42. The molecule has 2 fully saturated rings. The maximum Gasteiger partial charge on any atom is 0.416 e. The smallest absolute Gasteiger partial charge is 0.416 e. The van der Waals surface area contributed by atoms with Crippen LogP contribution < -0.4 is 15.0 Å². The molecule has 6 nitrogen and oxygen atoms in total. The van der Waals surface area contributed by atoms with Crippen molar-refractivity contribution in [3.63, 3.8) is 0 Å². The van der Waals surface area contributed by atoms with E-state index < -0.39 is 11.7 Å². The van der Waals surface area contributed by atoms with Crippen molar-refractivity contribution in [3.05, 3.63) is 41.6 Å². The number of aromatic nitrogens is 2. The van der Waals surface area contributed by atoms with Crippen molar-refractivity contribution in [1.29, 1.82) is 0 Å². The number of hydrogen-bond donors (Lipinski definition) is 1. The fourth-order valence-corrected chi connectivity index (χ4v) is 3.72. The quantitative estimate of drug-likeness (QED) is 0.838. The van der Waals surface area contributed by atoms with Crippen molar-refractivity contribution in [1.82, 2.24) is 15.3 Å². The number of morpholine rings is 1. The van der Waals surface area contributed by atoms with Crippen LogP contribution in [-0.2, 0) is 10.9 Å². The number of halogens is 3. The first kappa shape index (κ1) is 19.9. The Kier molecular flexibility index (Phi) is 5.35. The van der Waals surface area contributed by atoms with Gasteiger partial charge >= 0.3 is 6.18 Å². The van der Waals surface area contributed by atoms with Crippen LogP contribution in [0.5, 0.6) is 11.6 Å². The number of anilines is 1. The summed E-state index contributed by atoms with van der Waals surface area (Å²) in [5.41, 5.74) is -0.202. The van der Waals surface area contributed by atoms with Gasteiger partial charge in [-0.1, -0.05) is 6.07 Å². The third kappa shape index (κ3) is 4.62. The van der Waals surface area contributed by atoms with Crippen LogP contribution >= 0.6 is 0 Å². The van der Waals surface area contributed by atoms with Gasteiger partial charge in [0.1, 0.15) is 5.75 Å². The summed E-state index contributed by atoms with van der Waals surface area (Å²) in [5.74, 6) is 0.830. The Morgan fingerprint density at radius 3 is 2.66 bits per heavy atom. The van der Waals surface area contributed by atoms with Gasteiger partial charge in [0.15, 0.2) is 0 Å². The van der Waals surface area contributed by atoms with Crippen LogP contribution in [0.2, 0.25) is 0 Å². The van der Waals surface area contributed by atoms with E-state index in [1.807, 2.05) is 6.92 Å². The number of aryl methyl sites for hydroxylation is 1. The predicted octanol–water partition coefficient (Wildman–Crippen LogP) is 3.55. The highest BCUT2D eigenvalue weighted by atomic mass is 19.4. The Balaban J connectivity index is 1.49. The number of nitrogens with zero attached hydrogens (tertiary/aromatic N) is 3. The largest absolute Gasteiger partial charge is 0.439 e. The van der Waals surface area contributed by atoms with Gasteiger partial charge in [0, 0.05) is 37.9 Å². The van der Waals surface area contributed by atoms with E-state index in [9.17, 15) is 13.2 Å². The molecule has 1 spiro atoms. The highest BCUT2D eigenvalue weighted by Crippen LogP contribution is 2.33. The lowest BCUT2D eigenvalue weighted by molar-refractivity contribution is -0.137. The highest BCUT2D eigenvalue weighted by Gasteiger charge is 2.37. The van der Waals surface area contributed by atoms with Gasteiger partial charge in [0.25, 0.3) is 0 Å². The lowest BCUT2D eigenvalue weighted by atomic mass is 9.90. The summed E-state index contributed by atoms with van der Waals surface area (Å²) in [6.07, 6.45) is -2.70. The summed E-state index contributed by atoms with van der Waals surface area (Å²) in [7, 11) is 0. The molecule has 0 radical (unpaired) electrons. The molecule has 2 aromatic rings. The van der Waals surface area contributed by atoms with E-state index in [4.69, 9.17) is 9.47 Å². The molecule has 0 unspecified atom stereocenters. The van der Waals surface area contributed by atoms with Crippen LogP contribution in [0, 0.1) is 6.92 Å². The van der Waals surface area contributed by atoms with E-state index in [0.717, 1.165) is 57.8 Å². The number of piperidine rings is 1. The Morgan fingerprint density at radius 1 is 1.17 bits per heavy atom. The van der Waals surface area contributed by atoms with Gasteiger partial charge in [-0.25, -0.2) is 4.98 Å². The average Bonchev–Trinajstić information content (AvgIpc) is 2.68. The van der Waals surface area contributed by atoms with E-state index >= 15 is 0 Å². The van der Waals surface area contributed by atoms with Crippen molar-refractivity contribution < 1.29 is 22.6 Å². The normalized spacial score (nSPS) is 19.4. The molecule has 9 heteroatoms. The molecule has 1 N–H and O–H groups in total. The van der Waals surface area contributed by atoms with Gasteiger partial charge in [-0.15, -0.1) is 0 Å².